The Bertz CT molecular complexity index is 1910. The van der Waals surface area contributed by atoms with Crippen LogP contribution in [0, 0.1) is 5.82 Å². The highest BCUT2D eigenvalue weighted by atomic mass is 19.4. The number of carbonyl (C=O) groups is 2. The number of likely N-dealkylation sites (tertiary alicyclic amines) is 1. The molecule has 2 heterocycles. The summed E-state index contributed by atoms with van der Waals surface area (Å²) < 4.78 is 65.3. The van der Waals surface area contributed by atoms with Crippen molar-refractivity contribution in [3.8, 4) is 0 Å². The van der Waals surface area contributed by atoms with Gasteiger partial charge >= 0.3 is 12.1 Å². The number of pyridine rings is 1. The summed E-state index contributed by atoms with van der Waals surface area (Å²) in [4.78, 5) is 42.2. The first-order valence-electron chi connectivity index (χ1n) is 15.7. The fourth-order valence-electron chi connectivity index (χ4n) is 7.29. The van der Waals surface area contributed by atoms with Gasteiger partial charge in [-0.2, -0.15) is 13.2 Å². The minimum absolute atomic E-state index is 0.0356. The van der Waals surface area contributed by atoms with Crippen molar-refractivity contribution in [1.82, 2.24) is 14.8 Å². The third-order valence-electron chi connectivity index (χ3n) is 9.47. The van der Waals surface area contributed by atoms with Crippen molar-refractivity contribution in [2.45, 2.75) is 56.8 Å². The maximum Gasteiger partial charge on any atom is 0.417 e. The molecule has 1 fully saturated rings. The maximum atomic E-state index is 15.1. The van der Waals surface area contributed by atoms with Crippen molar-refractivity contribution in [2.24, 2.45) is 7.05 Å². The molecule has 1 saturated heterocycles. The molecular formula is C36H35F4N3O4. The standard InChI is InChI=1S/C36H35F4N3O4/c1-42-29-14-4-3-11-26(29)32(36(38,39)40)31(34(42)45)25-16-15-23-21(9-7-12-24(23)25)19-28(35(46)47-2)41-33(44)30-22(10-8-13-27(30)37)20-43-17-5-6-18-43/h3-4,7-14,25,28H,5-6,15-20H2,1-2H3,(H,41,44)/t25-,28+/m1/s1. The van der Waals surface area contributed by atoms with Crippen LogP contribution < -0.4 is 10.9 Å². The first-order chi connectivity index (χ1) is 22.5. The number of halogens is 4. The van der Waals surface area contributed by atoms with Crippen LogP contribution in [0.1, 0.15) is 68.9 Å². The lowest BCUT2D eigenvalue weighted by Crippen LogP contribution is -2.44. The van der Waals surface area contributed by atoms with Crippen molar-refractivity contribution in [3.63, 3.8) is 0 Å². The van der Waals surface area contributed by atoms with Crippen molar-refractivity contribution in [1.29, 1.82) is 0 Å². The fraction of sp³-hybridized carbons (Fsp3) is 0.361. The van der Waals surface area contributed by atoms with Gasteiger partial charge in [0.1, 0.15) is 11.9 Å². The predicted octanol–water partition coefficient (Wildman–Crippen LogP) is 5.88. The Labute approximate surface area is 269 Å². The van der Waals surface area contributed by atoms with Gasteiger partial charge < -0.3 is 14.6 Å². The van der Waals surface area contributed by atoms with Crippen molar-refractivity contribution in [2.75, 3.05) is 20.2 Å². The van der Waals surface area contributed by atoms with E-state index in [9.17, 15) is 27.6 Å². The average molecular weight is 650 g/mol. The Balaban J connectivity index is 1.34. The first kappa shape index (κ1) is 32.4. The Morgan fingerprint density at radius 1 is 1.00 bits per heavy atom. The van der Waals surface area contributed by atoms with Crippen molar-refractivity contribution in [3.05, 3.63) is 116 Å². The van der Waals surface area contributed by atoms with Gasteiger partial charge in [-0.15, -0.1) is 0 Å². The first-order valence-corrected chi connectivity index (χ1v) is 15.7. The molecule has 0 spiro atoms. The smallest absolute Gasteiger partial charge is 0.417 e. The molecule has 11 heteroatoms. The summed E-state index contributed by atoms with van der Waals surface area (Å²) >= 11 is 0. The van der Waals surface area contributed by atoms with Crippen LogP contribution in [0.3, 0.4) is 0 Å². The molecule has 2 atom stereocenters. The highest BCUT2D eigenvalue weighted by molar-refractivity contribution is 5.98. The van der Waals surface area contributed by atoms with E-state index in [0.717, 1.165) is 25.9 Å². The molecule has 0 bridgehead atoms. The van der Waals surface area contributed by atoms with Gasteiger partial charge in [-0.25, -0.2) is 9.18 Å². The second-order valence-electron chi connectivity index (χ2n) is 12.3. The Kier molecular flexibility index (Phi) is 8.93. The van der Waals surface area contributed by atoms with E-state index in [1.807, 2.05) is 0 Å². The number of nitrogens with one attached hydrogen (secondary N) is 1. The summed E-state index contributed by atoms with van der Waals surface area (Å²) in [5.74, 6) is -3.04. The minimum Gasteiger partial charge on any atom is -0.467 e. The molecule has 1 aliphatic carbocycles. The van der Waals surface area contributed by atoms with Crippen LogP contribution in [0.15, 0.2) is 65.5 Å². The minimum atomic E-state index is -4.77. The number of alkyl halides is 3. The number of rotatable bonds is 8. The summed E-state index contributed by atoms with van der Waals surface area (Å²) in [6.07, 6.45) is -2.14. The highest BCUT2D eigenvalue weighted by Gasteiger charge is 2.42. The van der Waals surface area contributed by atoms with E-state index in [4.69, 9.17) is 4.74 Å². The van der Waals surface area contributed by atoms with E-state index >= 15 is 4.39 Å². The molecule has 2 aliphatic rings. The Morgan fingerprint density at radius 3 is 2.43 bits per heavy atom. The van der Waals surface area contributed by atoms with Crippen molar-refractivity contribution < 1.29 is 31.9 Å². The summed E-state index contributed by atoms with van der Waals surface area (Å²) in [6.45, 7) is 2.08. The van der Waals surface area contributed by atoms with Crippen LogP contribution in [0.4, 0.5) is 17.6 Å². The van der Waals surface area contributed by atoms with Crippen LogP contribution in [0.25, 0.3) is 10.9 Å². The summed E-state index contributed by atoms with van der Waals surface area (Å²) in [6, 6.07) is 14.4. The third-order valence-corrected chi connectivity index (χ3v) is 9.47. The lowest BCUT2D eigenvalue weighted by Gasteiger charge is -2.23. The average Bonchev–Trinajstić information content (AvgIpc) is 3.72. The zero-order chi connectivity index (χ0) is 33.5. The molecule has 0 radical (unpaired) electrons. The van der Waals surface area contributed by atoms with Crippen LogP contribution in [0.5, 0.6) is 0 Å². The summed E-state index contributed by atoms with van der Waals surface area (Å²) in [5, 5.41) is 2.62. The molecular weight excluding hydrogens is 614 g/mol. The van der Waals surface area contributed by atoms with Crippen LogP contribution in [-0.4, -0.2) is 47.6 Å². The van der Waals surface area contributed by atoms with E-state index in [1.54, 1.807) is 36.4 Å². The number of esters is 1. The molecule has 0 saturated carbocycles. The highest BCUT2D eigenvalue weighted by Crippen LogP contribution is 2.45. The lowest BCUT2D eigenvalue weighted by atomic mass is 9.87. The SMILES string of the molecule is COC(=O)[C@H](Cc1cccc2c1CC[C@H]2c1c(C(F)(F)F)c2ccccc2n(C)c1=O)NC(=O)c1c(F)cccc1CN1CCCC1. The number of nitrogens with zero attached hydrogens (tertiary/aromatic N) is 2. The molecule has 3 aromatic carbocycles. The lowest BCUT2D eigenvalue weighted by molar-refractivity contribution is -0.143. The van der Waals surface area contributed by atoms with Crippen LogP contribution in [0.2, 0.25) is 0 Å². The van der Waals surface area contributed by atoms with E-state index in [-0.39, 0.29) is 34.9 Å². The zero-order valence-electron chi connectivity index (χ0n) is 26.1. The number of ether oxygens (including phenoxy) is 1. The fourth-order valence-corrected chi connectivity index (χ4v) is 7.29. The number of para-hydroxylation sites is 1. The predicted molar refractivity (Wildman–Crippen MR) is 169 cm³/mol. The molecule has 1 aliphatic heterocycles. The van der Waals surface area contributed by atoms with Gasteiger partial charge in [0.2, 0.25) is 0 Å². The van der Waals surface area contributed by atoms with Crippen molar-refractivity contribution >= 4 is 22.8 Å². The van der Waals surface area contributed by atoms with Gasteiger partial charge in [-0.1, -0.05) is 48.5 Å². The van der Waals surface area contributed by atoms with E-state index < -0.39 is 47.0 Å². The molecule has 4 aromatic rings. The Morgan fingerprint density at radius 2 is 1.70 bits per heavy atom. The van der Waals surface area contributed by atoms with Crippen LogP contribution >= 0.6 is 0 Å². The van der Waals surface area contributed by atoms with E-state index in [1.165, 1.54) is 43.0 Å². The summed E-state index contributed by atoms with van der Waals surface area (Å²) in [7, 11) is 2.65. The molecule has 246 valence electrons. The van der Waals surface area contributed by atoms with Gasteiger partial charge in [0.05, 0.1) is 23.8 Å². The topological polar surface area (TPSA) is 80.6 Å². The molecule has 7 nitrogen and oxygen atoms in total. The normalized spacial score (nSPS) is 17.1. The van der Waals surface area contributed by atoms with Gasteiger partial charge in [-0.05, 0) is 73.2 Å². The number of fused-ring (bicyclic) bond motifs is 2. The maximum absolute atomic E-state index is 15.1. The number of amides is 1. The zero-order valence-corrected chi connectivity index (χ0v) is 26.1. The number of benzene rings is 3. The largest absolute Gasteiger partial charge is 0.467 e. The van der Waals surface area contributed by atoms with Gasteiger partial charge in [0.15, 0.2) is 0 Å². The summed E-state index contributed by atoms with van der Waals surface area (Å²) in [5.41, 5.74) is 0.502. The molecule has 0 unspecified atom stereocenters. The molecule has 6 rings (SSSR count). The van der Waals surface area contributed by atoms with Gasteiger partial charge in [-0.3, -0.25) is 14.5 Å². The number of hydrogen-bond acceptors (Lipinski definition) is 5. The number of aromatic nitrogens is 1. The molecule has 1 aromatic heterocycles. The number of methoxy groups -OCH3 is 1. The molecule has 47 heavy (non-hydrogen) atoms. The molecule has 1 N–H and O–H groups in total. The second kappa shape index (κ2) is 12.9. The van der Waals surface area contributed by atoms with E-state index in [2.05, 4.69) is 10.2 Å². The van der Waals surface area contributed by atoms with Crippen LogP contribution in [-0.2, 0) is 42.1 Å². The third kappa shape index (κ3) is 6.16. The number of hydrogen-bond donors (Lipinski definition) is 1. The Hall–Kier alpha value is -4.51. The molecule has 1 amide bonds. The second-order valence-corrected chi connectivity index (χ2v) is 12.3. The monoisotopic (exact) mass is 649 g/mol. The number of carbonyl (C=O) groups excluding carboxylic acids is 2. The van der Waals surface area contributed by atoms with Gasteiger partial charge in [0, 0.05) is 36.9 Å². The number of aryl methyl sites for hydroxylation is 1. The van der Waals surface area contributed by atoms with Gasteiger partial charge in [0.25, 0.3) is 11.5 Å². The van der Waals surface area contributed by atoms with E-state index in [0.29, 0.717) is 35.2 Å². The quantitative estimate of drug-likeness (QED) is 0.191.